The second-order valence-corrected chi connectivity index (χ2v) is 4.69. The van der Waals surface area contributed by atoms with Gasteiger partial charge in [0.25, 0.3) is 0 Å². The highest BCUT2D eigenvalue weighted by Crippen LogP contribution is 2.25. The molecule has 20 heavy (non-hydrogen) atoms. The van der Waals surface area contributed by atoms with Crippen LogP contribution in [0, 0.1) is 5.92 Å². The van der Waals surface area contributed by atoms with Gasteiger partial charge in [0, 0.05) is 12.0 Å². The molecule has 0 saturated carbocycles. The van der Waals surface area contributed by atoms with Crippen molar-refractivity contribution >= 4 is 17.6 Å². The minimum absolute atomic E-state index is 0.0606. The molecule has 0 bridgehead atoms. The molecular formula is C15H17NO4. The first-order valence-electron chi connectivity index (χ1n) is 6.49. The van der Waals surface area contributed by atoms with Gasteiger partial charge in [-0.05, 0) is 31.4 Å². The number of hydrogen-bond acceptors (Lipinski definition) is 3. The Morgan fingerprint density at radius 2 is 2.15 bits per heavy atom. The van der Waals surface area contributed by atoms with E-state index in [1.807, 2.05) is 6.08 Å². The minimum atomic E-state index is -1.08. The second-order valence-electron chi connectivity index (χ2n) is 4.69. The number of carbonyl (C=O) groups is 2. The van der Waals surface area contributed by atoms with Crippen LogP contribution in [-0.2, 0) is 4.79 Å². The van der Waals surface area contributed by atoms with Gasteiger partial charge in [0.1, 0.15) is 5.75 Å². The molecule has 1 aliphatic carbocycles. The van der Waals surface area contributed by atoms with Gasteiger partial charge in [0.05, 0.1) is 18.4 Å². The van der Waals surface area contributed by atoms with Gasteiger partial charge in [-0.3, -0.25) is 4.79 Å². The van der Waals surface area contributed by atoms with Gasteiger partial charge in [-0.15, -0.1) is 0 Å². The molecule has 0 heterocycles. The van der Waals surface area contributed by atoms with E-state index in [4.69, 9.17) is 9.84 Å². The van der Waals surface area contributed by atoms with Crippen LogP contribution < -0.4 is 10.1 Å². The van der Waals surface area contributed by atoms with Gasteiger partial charge in [-0.1, -0.05) is 12.2 Å². The zero-order valence-corrected chi connectivity index (χ0v) is 11.3. The number of benzene rings is 1. The highest BCUT2D eigenvalue weighted by molar-refractivity contribution is 6.01. The smallest absolute Gasteiger partial charge is 0.337 e. The van der Waals surface area contributed by atoms with Crippen molar-refractivity contribution in [2.24, 2.45) is 5.92 Å². The lowest BCUT2D eigenvalue weighted by atomic mass is 9.93. The molecule has 0 aliphatic heterocycles. The van der Waals surface area contributed by atoms with E-state index in [1.165, 1.54) is 19.2 Å². The van der Waals surface area contributed by atoms with Gasteiger partial charge >= 0.3 is 5.97 Å². The van der Waals surface area contributed by atoms with Gasteiger partial charge in [-0.25, -0.2) is 4.79 Å². The number of aromatic carboxylic acids is 1. The van der Waals surface area contributed by atoms with Crippen LogP contribution in [0.15, 0.2) is 30.4 Å². The van der Waals surface area contributed by atoms with Gasteiger partial charge in [0.2, 0.25) is 5.91 Å². The largest absolute Gasteiger partial charge is 0.497 e. The Kier molecular flexibility index (Phi) is 4.40. The molecule has 5 heteroatoms. The Morgan fingerprint density at radius 1 is 1.35 bits per heavy atom. The van der Waals surface area contributed by atoms with Gasteiger partial charge in [-0.2, -0.15) is 0 Å². The normalized spacial score (nSPS) is 17.6. The van der Waals surface area contributed by atoms with Crippen molar-refractivity contribution < 1.29 is 19.4 Å². The highest BCUT2D eigenvalue weighted by atomic mass is 16.5. The first-order valence-corrected chi connectivity index (χ1v) is 6.49. The molecule has 1 unspecified atom stereocenters. The fourth-order valence-corrected chi connectivity index (χ4v) is 2.21. The summed E-state index contributed by atoms with van der Waals surface area (Å²) in [4.78, 5) is 23.3. The molecule has 1 aromatic rings. The van der Waals surface area contributed by atoms with Crippen LogP contribution in [0.1, 0.15) is 29.6 Å². The lowest BCUT2D eigenvalue weighted by Crippen LogP contribution is -2.24. The summed E-state index contributed by atoms with van der Waals surface area (Å²) in [7, 11) is 1.49. The van der Waals surface area contributed by atoms with Crippen LogP contribution in [0.2, 0.25) is 0 Å². The molecule has 0 saturated heterocycles. The Labute approximate surface area is 117 Å². The molecule has 106 valence electrons. The lowest BCUT2D eigenvalue weighted by Gasteiger charge is -2.18. The average Bonchev–Trinajstić information content (AvgIpc) is 2.47. The summed E-state index contributed by atoms with van der Waals surface area (Å²) in [6.07, 6.45) is 6.39. The molecule has 2 N–H and O–H groups in total. The van der Waals surface area contributed by atoms with E-state index < -0.39 is 5.97 Å². The van der Waals surface area contributed by atoms with Crippen LogP contribution in [0.4, 0.5) is 5.69 Å². The second kappa shape index (κ2) is 6.23. The third-order valence-corrected chi connectivity index (χ3v) is 3.35. The average molecular weight is 275 g/mol. The van der Waals surface area contributed by atoms with Crippen LogP contribution in [0.25, 0.3) is 0 Å². The number of hydrogen-bond donors (Lipinski definition) is 2. The SMILES string of the molecule is COc1ccc(C(=O)O)c(NC(=O)C2CC=CCC2)c1. The summed E-state index contributed by atoms with van der Waals surface area (Å²) in [6, 6.07) is 4.51. The summed E-state index contributed by atoms with van der Waals surface area (Å²) in [5, 5.41) is 11.9. The van der Waals surface area contributed by atoms with Crippen molar-refractivity contribution in [1.82, 2.24) is 0 Å². The number of ether oxygens (including phenoxy) is 1. The number of anilines is 1. The van der Waals surface area contributed by atoms with Crippen LogP contribution >= 0.6 is 0 Å². The standard InChI is InChI=1S/C15H17NO4/c1-20-11-7-8-12(15(18)19)13(9-11)16-14(17)10-5-3-2-4-6-10/h2-3,7-10H,4-6H2,1H3,(H,16,17)(H,18,19). The quantitative estimate of drug-likeness (QED) is 0.828. The Hall–Kier alpha value is -2.30. The van der Waals surface area contributed by atoms with E-state index in [0.717, 1.165) is 12.8 Å². The third kappa shape index (κ3) is 3.17. The predicted octanol–water partition coefficient (Wildman–Crippen LogP) is 2.69. The molecule has 1 aromatic carbocycles. The Balaban J connectivity index is 2.20. The molecule has 5 nitrogen and oxygen atoms in total. The minimum Gasteiger partial charge on any atom is -0.497 e. The summed E-state index contributed by atoms with van der Waals surface area (Å²) in [5.74, 6) is -0.821. The monoisotopic (exact) mass is 275 g/mol. The molecule has 0 radical (unpaired) electrons. The third-order valence-electron chi connectivity index (χ3n) is 3.35. The molecule has 1 atom stereocenters. The number of rotatable bonds is 4. The number of carboxylic acids is 1. The lowest BCUT2D eigenvalue weighted by molar-refractivity contribution is -0.120. The van der Waals surface area contributed by atoms with Crippen LogP contribution in [0.5, 0.6) is 5.75 Å². The molecule has 0 spiro atoms. The van der Waals surface area contributed by atoms with Crippen molar-refractivity contribution in [2.75, 3.05) is 12.4 Å². The number of allylic oxidation sites excluding steroid dienone is 2. The van der Waals surface area contributed by atoms with Gasteiger partial charge in [0.15, 0.2) is 0 Å². The first kappa shape index (κ1) is 14.1. The van der Waals surface area contributed by atoms with E-state index in [-0.39, 0.29) is 23.1 Å². The van der Waals surface area contributed by atoms with E-state index in [9.17, 15) is 9.59 Å². The fraction of sp³-hybridized carbons (Fsp3) is 0.333. The maximum absolute atomic E-state index is 12.2. The molecule has 1 amide bonds. The first-order chi connectivity index (χ1) is 9.61. The van der Waals surface area contributed by atoms with Crippen molar-refractivity contribution in [3.8, 4) is 5.75 Å². The van der Waals surface area contributed by atoms with Gasteiger partial charge < -0.3 is 15.2 Å². The predicted molar refractivity (Wildman–Crippen MR) is 75.1 cm³/mol. The highest BCUT2D eigenvalue weighted by Gasteiger charge is 2.21. The van der Waals surface area contributed by atoms with E-state index in [0.29, 0.717) is 12.2 Å². The number of carboxylic acid groups (broad SMARTS) is 1. The molecule has 0 aromatic heterocycles. The number of carbonyl (C=O) groups excluding carboxylic acids is 1. The maximum atomic E-state index is 12.2. The molecular weight excluding hydrogens is 258 g/mol. The molecule has 2 rings (SSSR count). The van der Waals surface area contributed by atoms with Crippen molar-refractivity contribution in [1.29, 1.82) is 0 Å². The topological polar surface area (TPSA) is 75.6 Å². The summed E-state index contributed by atoms with van der Waals surface area (Å²) in [5.41, 5.74) is 0.335. The van der Waals surface area contributed by atoms with Crippen molar-refractivity contribution in [2.45, 2.75) is 19.3 Å². The Morgan fingerprint density at radius 3 is 2.75 bits per heavy atom. The summed E-state index contributed by atoms with van der Waals surface area (Å²) >= 11 is 0. The zero-order chi connectivity index (χ0) is 14.5. The fourth-order valence-electron chi connectivity index (χ4n) is 2.21. The number of amides is 1. The maximum Gasteiger partial charge on any atom is 0.337 e. The number of methoxy groups -OCH3 is 1. The van der Waals surface area contributed by atoms with Crippen molar-refractivity contribution in [3.05, 3.63) is 35.9 Å². The summed E-state index contributed by atoms with van der Waals surface area (Å²) in [6.45, 7) is 0. The molecule has 0 fully saturated rings. The Bertz CT molecular complexity index is 551. The van der Waals surface area contributed by atoms with E-state index in [2.05, 4.69) is 11.4 Å². The van der Waals surface area contributed by atoms with Crippen molar-refractivity contribution in [3.63, 3.8) is 0 Å². The van der Waals surface area contributed by atoms with Crippen LogP contribution in [-0.4, -0.2) is 24.1 Å². The zero-order valence-electron chi connectivity index (χ0n) is 11.3. The summed E-state index contributed by atoms with van der Waals surface area (Å²) < 4.78 is 5.06. The van der Waals surface area contributed by atoms with E-state index >= 15 is 0 Å². The number of nitrogens with one attached hydrogen (secondary N) is 1. The molecule has 1 aliphatic rings. The van der Waals surface area contributed by atoms with E-state index in [1.54, 1.807) is 6.07 Å². The van der Waals surface area contributed by atoms with Crippen LogP contribution in [0.3, 0.4) is 0 Å².